The number of benzene rings is 2. The number of furan rings is 1. The van der Waals surface area contributed by atoms with Gasteiger partial charge in [0.1, 0.15) is 28.6 Å². The Bertz CT molecular complexity index is 2280. The van der Waals surface area contributed by atoms with Crippen LogP contribution in [-0.2, 0) is 16.8 Å². The Morgan fingerprint density at radius 3 is 2.64 bits per heavy atom. The summed E-state index contributed by atoms with van der Waals surface area (Å²) in [7, 11) is 0.703. The fourth-order valence-corrected chi connectivity index (χ4v) is 6.09. The normalized spacial score (nSPS) is 12.5. The number of fused-ring (bicyclic) bond motifs is 6. The van der Waals surface area contributed by atoms with Crippen LogP contribution in [0.3, 0.4) is 0 Å². The van der Waals surface area contributed by atoms with Crippen molar-refractivity contribution in [3.63, 3.8) is 0 Å². The van der Waals surface area contributed by atoms with Crippen molar-refractivity contribution >= 4 is 43.5 Å². The van der Waals surface area contributed by atoms with Gasteiger partial charge in [-0.1, -0.05) is 6.07 Å². The van der Waals surface area contributed by atoms with Gasteiger partial charge in [0.25, 0.3) is 5.91 Å². The number of hydrogen-bond donors (Lipinski definition) is 1. The molecule has 6 aromatic rings. The van der Waals surface area contributed by atoms with Crippen molar-refractivity contribution < 1.29 is 31.5 Å². The van der Waals surface area contributed by atoms with Gasteiger partial charge < -0.3 is 23.8 Å². The highest BCUT2D eigenvalue weighted by molar-refractivity contribution is 7.92. The highest BCUT2D eigenvalue weighted by Crippen LogP contribution is 2.43. The van der Waals surface area contributed by atoms with E-state index >= 15 is 0 Å². The molecule has 7 rings (SSSR count). The molecule has 0 bridgehead atoms. The number of nitrogens with one attached hydrogen (secondary N) is 1. The fourth-order valence-electron chi connectivity index (χ4n) is 5.58. The molecule has 13 heteroatoms. The molecule has 0 spiro atoms. The van der Waals surface area contributed by atoms with E-state index in [1.54, 1.807) is 48.5 Å². The zero-order valence-corrected chi connectivity index (χ0v) is 25.4. The molecule has 0 fully saturated rings. The zero-order valence-electron chi connectivity index (χ0n) is 24.6. The van der Waals surface area contributed by atoms with E-state index in [1.807, 2.05) is 10.6 Å². The maximum atomic E-state index is 14.7. The number of rotatable bonds is 6. The molecule has 4 aromatic heterocycles. The number of halogens is 1. The minimum Gasteiger partial charge on any atom is -0.481 e. The standard InChI is InChI=1S/C32H26FN5O6S/c1-34-32(39)29-20-12-19(22-9-10-26-30(36-22)25-13-18-21(33)6-5-7-23(18)38(25)16-43-26)24(37(2)45(4,40)41)14-27(20)44-31(29)17-8-11-28(42-3)35-15-17/h5-15H,16H2,1-4H3,(H,34,39). The van der Waals surface area contributed by atoms with Crippen molar-refractivity contribution in [2.75, 3.05) is 31.8 Å². The molecule has 0 saturated heterocycles. The second kappa shape index (κ2) is 10.3. The number of pyridine rings is 2. The number of carbonyl (C=O) groups is 1. The van der Waals surface area contributed by atoms with E-state index in [4.69, 9.17) is 18.9 Å². The van der Waals surface area contributed by atoms with Crippen molar-refractivity contribution in [2.45, 2.75) is 6.73 Å². The highest BCUT2D eigenvalue weighted by Gasteiger charge is 2.28. The lowest BCUT2D eigenvalue weighted by molar-refractivity contribution is 0.0964. The van der Waals surface area contributed by atoms with E-state index in [-0.39, 0.29) is 35.1 Å². The third-order valence-corrected chi connectivity index (χ3v) is 9.11. The molecule has 1 aliphatic rings. The van der Waals surface area contributed by atoms with Crippen LogP contribution in [0.2, 0.25) is 0 Å². The van der Waals surface area contributed by atoms with Crippen LogP contribution in [0.25, 0.3) is 55.8 Å². The number of nitrogens with zero attached hydrogens (tertiary/aromatic N) is 4. The number of methoxy groups -OCH3 is 1. The summed E-state index contributed by atoms with van der Waals surface area (Å²) in [4.78, 5) is 22.4. The van der Waals surface area contributed by atoms with E-state index in [9.17, 15) is 17.6 Å². The van der Waals surface area contributed by atoms with Crippen molar-refractivity contribution in [1.29, 1.82) is 0 Å². The van der Waals surface area contributed by atoms with Crippen LogP contribution in [0, 0.1) is 5.82 Å². The Kier molecular flexibility index (Phi) is 6.51. The summed E-state index contributed by atoms with van der Waals surface area (Å²) in [5, 5.41) is 3.54. The van der Waals surface area contributed by atoms with Gasteiger partial charge in [-0.25, -0.2) is 22.8 Å². The first kappa shape index (κ1) is 28.3. The summed E-state index contributed by atoms with van der Waals surface area (Å²) in [5.41, 5.74) is 3.93. The van der Waals surface area contributed by atoms with Crippen LogP contribution in [0.5, 0.6) is 11.6 Å². The molecule has 228 valence electrons. The number of aromatic nitrogens is 3. The van der Waals surface area contributed by atoms with Gasteiger partial charge >= 0.3 is 0 Å². The van der Waals surface area contributed by atoms with Crippen molar-refractivity contribution in [3.05, 3.63) is 78.2 Å². The van der Waals surface area contributed by atoms with E-state index in [2.05, 4.69) is 10.3 Å². The summed E-state index contributed by atoms with van der Waals surface area (Å²) >= 11 is 0. The van der Waals surface area contributed by atoms with E-state index in [0.717, 1.165) is 10.6 Å². The first-order valence-electron chi connectivity index (χ1n) is 13.8. The predicted molar refractivity (Wildman–Crippen MR) is 167 cm³/mol. The number of anilines is 1. The molecular weight excluding hydrogens is 601 g/mol. The molecule has 45 heavy (non-hydrogen) atoms. The molecule has 11 nitrogen and oxygen atoms in total. The lowest BCUT2D eigenvalue weighted by atomic mass is 10.0. The SMILES string of the molecule is CNC(=O)c1c(-c2ccc(OC)nc2)oc2cc(N(C)S(C)(=O)=O)c(-c3ccc4c(n3)-c3cc5c(F)cccc5n3CO4)cc12. The minimum absolute atomic E-state index is 0.178. The van der Waals surface area contributed by atoms with Gasteiger partial charge in [-0.05, 0) is 42.5 Å². The average Bonchev–Trinajstić information content (AvgIpc) is 3.62. The van der Waals surface area contributed by atoms with E-state index in [1.165, 1.54) is 33.5 Å². The number of hydrogen-bond acceptors (Lipinski definition) is 8. The topological polar surface area (TPSA) is 129 Å². The van der Waals surface area contributed by atoms with Crippen LogP contribution in [0.4, 0.5) is 10.1 Å². The molecular formula is C32H26FN5O6S. The molecule has 0 aliphatic carbocycles. The predicted octanol–water partition coefficient (Wildman–Crippen LogP) is 5.43. The molecule has 1 N–H and O–H groups in total. The second-order valence-corrected chi connectivity index (χ2v) is 12.5. The van der Waals surface area contributed by atoms with E-state index in [0.29, 0.717) is 56.1 Å². The molecule has 0 atom stereocenters. The summed E-state index contributed by atoms with van der Waals surface area (Å²) in [5.74, 6) is 0.368. The van der Waals surface area contributed by atoms with Crippen LogP contribution >= 0.6 is 0 Å². The van der Waals surface area contributed by atoms with Gasteiger partial charge in [0.05, 0.1) is 41.5 Å². The number of carbonyl (C=O) groups excluding carboxylic acids is 1. The minimum atomic E-state index is -3.74. The average molecular weight is 628 g/mol. The van der Waals surface area contributed by atoms with Gasteiger partial charge in [-0.2, -0.15) is 0 Å². The van der Waals surface area contributed by atoms with Gasteiger partial charge in [0.2, 0.25) is 15.9 Å². The lowest BCUT2D eigenvalue weighted by Gasteiger charge is -2.23. The summed E-state index contributed by atoms with van der Waals surface area (Å²) in [6.45, 7) is 0.178. The first-order chi connectivity index (χ1) is 21.6. The van der Waals surface area contributed by atoms with Crippen LogP contribution in [-0.4, -0.2) is 56.3 Å². The van der Waals surface area contributed by atoms with Crippen LogP contribution in [0.1, 0.15) is 10.4 Å². The Morgan fingerprint density at radius 2 is 1.93 bits per heavy atom. The van der Waals surface area contributed by atoms with Crippen LogP contribution in [0.15, 0.2) is 71.3 Å². The maximum absolute atomic E-state index is 14.7. The molecule has 1 aliphatic heterocycles. The van der Waals surface area contributed by atoms with E-state index < -0.39 is 15.9 Å². The van der Waals surface area contributed by atoms with Crippen molar-refractivity contribution in [1.82, 2.24) is 19.9 Å². The fraction of sp³-hybridized carbons (Fsp3) is 0.156. The third-order valence-electron chi connectivity index (χ3n) is 7.92. The Labute approximate surface area is 256 Å². The third kappa shape index (κ3) is 4.54. The van der Waals surface area contributed by atoms with Crippen LogP contribution < -0.4 is 19.1 Å². The van der Waals surface area contributed by atoms with Gasteiger partial charge in [0, 0.05) is 54.3 Å². The summed E-state index contributed by atoms with van der Waals surface area (Å²) in [6.07, 6.45) is 2.62. The van der Waals surface area contributed by atoms with Gasteiger partial charge in [-0.3, -0.25) is 9.10 Å². The highest BCUT2D eigenvalue weighted by atomic mass is 32.2. The van der Waals surface area contributed by atoms with Gasteiger partial charge in [0.15, 0.2) is 6.73 Å². The lowest BCUT2D eigenvalue weighted by Crippen LogP contribution is -2.25. The van der Waals surface area contributed by atoms with Crippen molar-refractivity contribution in [2.24, 2.45) is 0 Å². The Morgan fingerprint density at radius 1 is 1.11 bits per heavy atom. The maximum Gasteiger partial charge on any atom is 0.255 e. The van der Waals surface area contributed by atoms with Crippen molar-refractivity contribution in [3.8, 4) is 45.6 Å². The largest absolute Gasteiger partial charge is 0.481 e. The Hall–Kier alpha value is -5.43. The molecule has 1 amide bonds. The second-order valence-electron chi connectivity index (χ2n) is 10.5. The molecule has 0 radical (unpaired) electrons. The summed E-state index contributed by atoms with van der Waals surface area (Å²) < 4.78 is 60.7. The first-order valence-corrected chi connectivity index (χ1v) is 15.6. The molecule has 2 aromatic carbocycles. The smallest absolute Gasteiger partial charge is 0.255 e. The monoisotopic (exact) mass is 627 g/mol. The summed E-state index contributed by atoms with van der Waals surface area (Å²) in [6, 6.07) is 16.7. The number of ether oxygens (including phenoxy) is 2. The number of sulfonamides is 1. The number of amides is 1. The quantitative estimate of drug-likeness (QED) is 0.259. The molecule has 5 heterocycles. The van der Waals surface area contributed by atoms with Gasteiger partial charge in [-0.15, -0.1) is 0 Å². The Balaban J connectivity index is 1.48. The molecule has 0 saturated carbocycles. The molecule has 0 unspecified atom stereocenters. The zero-order chi connectivity index (χ0) is 31.6.